The summed E-state index contributed by atoms with van der Waals surface area (Å²) in [5, 5.41) is 10.6. The van der Waals surface area contributed by atoms with Gasteiger partial charge in [0.05, 0.1) is 11.7 Å². The quantitative estimate of drug-likeness (QED) is 0.210. The number of ether oxygens (including phenoxy) is 1. The van der Waals surface area contributed by atoms with Crippen LogP contribution < -0.4 is 0 Å². The van der Waals surface area contributed by atoms with Crippen LogP contribution in [0.5, 0.6) is 0 Å². The maximum absolute atomic E-state index is 10.6. The number of epoxide rings is 1. The molecule has 3 rings (SSSR count). The van der Waals surface area contributed by atoms with Crippen molar-refractivity contribution in [2.45, 2.75) is 119 Å². The van der Waals surface area contributed by atoms with Crippen LogP contribution in [0.1, 0.15) is 101 Å². The first-order valence-corrected chi connectivity index (χ1v) is 15.8. The number of allylic oxidation sites excluding steroid dienone is 19. The molecule has 42 heavy (non-hydrogen) atoms. The zero-order valence-corrected chi connectivity index (χ0v) is 28.1. The van der Waals surface area contributed by atoms with Crippen LogP contribution in [0, 0.1) is 10.8 Å². The van der Waals surface area contributed by atoms with E-state index in [-0.39, 0.29) is 28.1 Å². The molecule has 0 aromatic heterocycles. The van der Waals surface area contributed by atoms with Crippen LogP contribution >= 0.6 is 0 Å². The molecule has 3 atom stereocenters. The molecule has 2 heteroatoms. The molecule has 1 saturated heterocycles. The molecule has 0 aromatic rings. The van der Waals surface area contributed by atoms with E-state index in [0.717, 1.165) is 18.4 Å². The van der Waals surface area contributed by atoms with Gasteiger partial charge in [-0.1, -0.05) is 135 Å². The zero-order chi connectivity index (χ0) is 31.2. The van der Waals surface area contributed by atoms with Crippen LogP contribution in [0.15, 0.2) is 119 Å². The van der Waals surface area contributed by atoms with Gasteiger partial charge in [-0.15, -0.1) is 0 Å². The number of aliphatic hydroxyl groups excluding tert-OH is 1. The lowest BCUT2D eigenvalue weighted by atomic mass is 9.62. The third kappa shape index (κ3) is 8.03. The van der Waals surface area contributed by atoms with E-state index >= 15 is 0 Å². The first kappa shape index (κ1) is 33.8. The highest BCUT2D eigenvalue weighted by molar-refractivity contribution is 5.38. The summed E-state index contributed by atoms with van der Waals surface area (Å²) in [6.07, 6.45) is 35.3. The van der Waals surface area contributed by atoms with Crippen LogP contribution in [0.3, 0.4) is 0 Å². The van der Waals surface area contributed by atoms with E-state index in [4.69, 9.17) is 4.74 Å². The van der Waals surface area contributed by atoms with Crippen LogP contribution in [0.2, 0.25) is 0 Å². The predicted molar refractivity (Wildman–Crippen MR) is 182 cm³/mol. The van der Waals surface area contributed by atoms with Gasteiger partial charge in [0, 0.05) is 5.41 Å². The summed E-state index contributed by atoms with van der Waals surface area (Å²) < 4.78 is 6.25. The molecule has 0 spiro atoms. The van der Waals surface area contributed by atoms with Crippen molar-refractivity contribution in [1.82, 2.24) is 0 Å². The van der Waals surface area contributed by atoms with Gasteiger partial charge in [-0.3, -0.25) is 0 Å². The number of rotatable bonds is 10. The second-order valence-corrected chi connectivity index (χ2v) is 14.2. The summed E-state index contributed by atoms with van der Waals surface area (Å²) in [6.45, 7) is 21.9. The van der Waals surface area contributed by atoms with Crippen molar-refractivity contribution in [2.24, 2.45) is 10.8 Å². The average molecular weight is 569 g/mol. The average Bonchev–Trinajstić information content (AvgIpc) is 3.54. The van der Waals surface area contributed by atoms with Gasteiger partial charge < -0.3 is 9.84 Å². The van der Waals surface area contributed by atoms with Crippen molar-refractivity contribution in [3.8, 4) is 0 Å². The van der Waals surface area contributed by atoms with Crippen LogP contribution in [-0.4, -0.2) is 22.4 Å². The van der Waals surface area contributed by atoms with E-state index < -0.39 is 0 Å². The van der Waals surface area contributed by atoms with E-state index in [2.05, 4.69) is 154 Å². The lowest BCUT2D eigenvalue weighted by Gasteiger charge is -2.40. The topological polar surface area (TPSA) is 32.8 Å². The molecule has 0 radical (unpaired) electrons. The van der Waals surface area contributed by atoms with Crippen molar-refractivity contribution in [2.75, 3.05) is 0 Å². The minimum atomic E-state index is -0.382. The van der Waals surface area contributed by atoms with Crippen LogP contribution in [-0.2, 0) is 4.74 Å². The maximum Gasteiger partial charge on any atom is 0.124 e. The van der Waals surface area contributed by atoms with E-state index in [1.54, 1.807) is 0 Å². The van der Waals surface area contributed by atoms with Gasteiger partial charge in [-0.05, 0) is 90.7 Å². The molecule has 1 aliphatic heterocycles. The fourth-order valence-electron chi connectivity index (χ4n) is 6.64. The van der Waals surface area contributed by atoms with Crippen LogP contribution in [0.4, 0.5) is 0 Å². The fraction of sp³-hybridized carbons (Fsp3) is 0.500. The molecular formula is C40H56O2. The van der Waals surface area contributed by atoms with Crippen molar-refractivity contribution >= 4 is 0 Å². The second kappa shape index (κ2) is 13.7. The molecule has 228 valence electrons. The number of hydrogen-bond donors (Lipinski definition) is 1. The van der Waals surface area contributed by atoms with E-state index in [9.17, 15) is 5.11 Å². The molecule has 0 aromatic carbocycles. The minimum Gasteiger partial charge on any atom is -0.392 e. The van der Waals surface area contributed by atoms with Gasteiger partial charge in [0.15, 0.2) is 0 Å². The second-order valence-electron chi connectivity index (χ2n) is 14.2. The maximum atomic E-state index is 10.6. The van der Waals surface area contributed by atoms with Gasteiger partial charge in [-0.2, -0.15) is 0 Å². The highest BCUT2D eigenvalue weighted by Gasteiger charge is 2.75. The lowest BCUT2D eigenvalue weighted by Crippen LogP contribution is -2.49. The first-order valence-electron chi connectivity index (χ1n) is 15.8. The molecule has 2 aliphatic carbocycles. The number of hydrogen-bond acceptors (Lipinski definition) is 2. The molecule has 3 aliphatic rings. The monoisotopic (exact) mass is 568 g/mol. The molecular weight excluding hydrogens is 512 g/mol. The highest BCUT2D eigenvalue weighted by Crippen LogP contribution is 2.66. The Bertz CT molecular complexity index is 1300. The van der Waals surface area contributed by atoms with Gasteiger partial charge in [0.25, 0.3) is 0 Å². The molecule has 3 unspecified atom stereocenters. The van der Waals surface area contributed by atoms with Gasteiger partial charge in [0.2, 0.25) is 0 Å². The summed E-state index contributed by atoms with van der Waals surface area (Å²) in [4.78, 5) is 0. The Labute approximate surface area is 257 Å². The standard InChI is InChI=1S/C40H56O2/c1-30(18-13-20-32(3)23-24-35-34(5)22-15-27-37(35,6)7)16-11-12-17-31(2)19-14-21-33(4)25-29-40-38(8,9)36(41)26-28-39(40,10)42-40/h11-14,16-21,23-25,29,36,41H,15,22,26-28H2,1-10H3. The smallest absolute Gasteiger partial charge is 0.124 e. The Morgan fingerprint density at radius 1 is 0.738 bits per heavy atom. The third-order valence-electron chi connectivity index (χ3n) is 9.72. The van der Waals surface area contributed by atoms with Crippen molar-refractivity contribution in [3.63, 3.8) is 0 Å². The number of aliphatic hydroxyl groups is 1. The Morgan fingerprint density at radius 2 is 1.26 bits per heavy atom. The summed E-state index contributed by atoms with van der Waals surface area (Å²) in [6, 6.07) is 0. The molecule has 1 saturated carbocycles. The summed E-state index contributed by atoms with van der Waals surface area (Å²) in [5.74, 6) is 0. The normalized spacial score (nSPS) is 31.0. The molecule has 1 heterocycles. The third-order valence-corrected chi connectivity index (χ3v) is 9.72. The Balaban J connectivity index is 1.50. The predicted octanol–water partition coefficient (Wildman–Crippen LogP) is 10.8. The molecule has 2 nitrogen and oxygen atoms in total. The van der Waals surface area contributed by atoms with E-state index in [1.807, 2.05) is 0 Å². The Hall–Kier alpha value is -2.68. The molecule has 0 amide bonds. The largest absolute Gasteiger partial charge is 0.392 e. The van der Waals surface area contributed by atoms with Crippen molar-refractivity contribution < 1.29 is 9.84 Å². The minimum absolute atomic E-state index is 0.160. The Morgan fingerprint density at radius 3 is 1.83 bits per heavy atom. The summed E-state index contributed by atoms with van der Waals surface area (Å²) in [5.41, 5.74) is 7.31. The fourth-order valence-corrected chi connectivity index (χ4v) is 6.64. The summed E-state index contributed by atoms with van der Waals surface area (Å²) in [7, 11) is 0. The van der Waals surface area contributed by atoms with Gasteiger partial charge >= 0.3 is 0 Å². The number of fused-ring (bicyclic) bond motifs is 1. The Kier molecular flexibility index (Phi) is 11.1. The van der Waals surface area contributed by atoms with E-state index in [1.165, 1.54) is 47.1 Å². The van der Waals surface area contributed by atoms with Gasteiger partial charge in [-0.25, -0.2) is 0 Å². The SMILES string of the molecule is CC(C=CC=C(C)C=CC1=C(C)CCCC1(C)C)=CC=CC=C(C)C=CC=C(C)C=CC12OC1(C)CCC(O)C2(C)C. The summed E-state index contributed by atoms with van der Waals surface area (Å²) >= 11 is 0. The van der Waals surface area contributed by atoms with Crippen molar-refractivity contribution in [3.05, 3.63) is 119 Å². The van der Waals surface area contributed by atoms with Crippen LogP contribution in [0.25, 0.3) is 0 Å². The highest BCUT2D eigenvalue weighted by atomic mass is 16.6. The van der Waals surface area contributed by atoms with Gasteiger partial charge in [0.1, 0.15) is 5.60 Å². The molecule has 0 bridgehead atoms. The van der Waals surface area contributed by atoms with E-state index in [0.29, 0.717) is 0 Å². The van der Waals surface area contributed by atoms with Crippen molar-refractivity contribution in [1.29, 1.82) is 0 Å². The molecule has 1 N–H and O–H groups in total. The lowest BCUT2D eigenvalue weighted by molar-refractivity contribution is -0.00901. The first-order chi connectivity index (χ1) is 19.6. The molecule has 2 fully saturated rings. The zero-order valence-electron chi connectivity index (χ0n) is 28.1.